The van der Waals surface area contributed by atoms with Gasteiger partial charge in [0.25, 0.3) is 0 Å². The number of esters is 1. The van der Waals surface area contributed by atoms with Crippen molar-refractivity contribution in [2.24, 2.45) is 0 Å². The molecule has 0 saturated carbocycles. The van der Waals surface area contributed by atoms with E-state index in [1.54, 1.807) is 6.08 Å². The molecule has 0 saturated heterocycles. The summed E-state index contributed by atoms with van der Waals surface area (Å²) in [6.45, 7) is 4.90. The van der Waals surface area contributed by atoms with Crippen molar-refractivity contribution >= 4 is 11.9 Å². The van der Waals surface area contributed by atoms with Gasteiger partial charge in [-0.2, -0.15) is 0 Å². The first-order valence-corrected chi connectivity index (χ1v) is 34.3. The standard InChI is InChI=1S/C70H133NO5/c1-3-5-7-9-11-13-15-17-19-21-22-23-24-25-26-27-31-34-38-42-46-50-54-58-62-68(73)67(66-72)71-69(74)63-59-55-51-47-43-39-35-32-28-29-33-37-41-45-49-53-57-61-65-76-70(75)64-60-56-52-48-44-40-36-30-20-18-16-14-12-10-8-6-4-2/h12,14,18,20,58,62,67-68,72-73H,3-11,13,15-17,19,21-57,59-61,63-66H2,1-2H3,(H,71,74)/b14-12-,20-18-,62-58+. The third kappa shape index (κ3) is 61.3. The van der Waals surface area contributed by atoms with E-state index in [2.05, 4.69) is 43.5 Å². The molecule has 0 fully saturated rings. The van der Waals surface area contributed by atoms with E-state index in [-0.39, 0.29) is 18.5 Å². The predicted molar refractivity (Wildman–Crippen MR) is 333 cm³/mol. The molecule has 0 aromatic heterocycles. The number of allylic oxidation sites excluding steroid dienone is 5. The van der Waals surface area contributed by atoms with Crippen molar-refractivity contribution in [2.75, 3.05) is 13.2 Å². The summed E-state index contributed by atoms with van der Waals surface area (Å²) in [4.78, 5) is 24.6. The Morgan fingerprint density at radius 3 is 1.03 bits per heavy atom. The van der Waals surface area contributed by atoms with Crippen LogP contribution in [-0.2, 0) is 14.3 Å². The smallest absolute Gasteiger partial charge is 0.305 e. The lowest BCUT2D eigenvalue weighted by Crippen LogP contribution is -2.45. The van der Waals surface area contributed by atoms with Gasteiger partial charge in [-0.25, -0.2) is 0 Å². The van der Waals surface area contributed by atoms with Gasteiger partial charge in [0, 0.05) is 12.8 Å². The summed E-state index contributed by atoms with van der Waals surface area (Å²) in [6, 6.07) is -0.633. The maximum Gasteiger partial charge on any atom is 0.305 e. The number of rotatable bonds is 64. The van der Waals surface area contributed by atoms with Gasteiger partial charge in [-0.1, -0.05) is 333 Å². The van der Waals surface area contributed by atoms with Crippen molar-refractivity contribution in [2.45, 2.75) is 386 Å². The Morgan fingerprint density at radius 1 is 0.368 bits per heavy atom. The molecule has 0 aromatic rings. The second-order valence-electron chi connectivity index (χ2n) is 23.5. The van der Waals surface area contributed by atoms with E-state index in [4.69, 9.17) is 4.74 Å². The first-order chi connectivity index (χ1) is 37.5. The van der Waals surface area contributed by atoms with Gasteiger partial charge >= 0.3 is 5.97 Å². The summed E-state index contributed by atoms with van der Waals surface area (Å²) in [5.74, 6) is -0.0690. The van der Waals surface area contributed by atoms with Gasteiger partial charge in [0.05, 0.1) is 25.4 Å². The van der Waals surface area contributed by atoms with Gasteiger partial charge in [-0.3, -0.25) is 9.59 Å². The number of nitrogens with one attached hydrogen (secondary N) is 1. The number of aliphatic hydroxyl groups excluding tert-OH is 2. The maximum absolute atomic E-state index is 12.5. The van der Waals surface area contributed by atoms with Crippen LogP contribution in [0.15, 0.2) is 36.5 Å². The highest BCUT2D eigenvalue weighted by Gasteiger charge is 2.18. The second kappa shape index (κ2) is 65.6. The van der Waals surface area contributed by atoms with E-state index >= 15 is 0 Å². The molecule has 0 rings (SSSR count). The summed E-state index contributed by atoms with van der Waals surface area (Å²) < 4.78 is 5.49. The van der Waals surface area contributed by atoms with Crippen molar-refractivity contribution < 1.29 is 24.5 Å². The van der Waals surface area contributed by atoms with Crippen LogP contribution >= 0.6 is 0 Å². The predicted octanol–water partition coefficient (Wildman–Crippen LogP) is 21.9. The number of unbranched alkanes of at least 4 members (excludes halogenated alkanes) is 49. The van der Waals surface area contributed by atoms with Crippen LogP contribution in [0.2, 0.25) is 0 Å². The van der Waals surface area contributed by atoms with E-state index in [1.807, 2.05) is 6.08 Å². The van der Waals surface area contributed by atoms with E-state index in [1.165, 1.54) is 295 Å². The lowest BCUT2D eigenvalue weighted by atomic mass is 10.0. The van der Waals surface area contributed by atoms with Crippen molar-refractivity contribution in [3.05, 3.63) is 36.5 Å². The first-order valence-electron chi connectivity index (χ1n) is 34.3. The summed E-state index contributed by atoms with van der Waals surface area (Å²) in [7, 11) is 0. The Bertz CT molecular complexity index is 1230. The van der Waals surface area contributed by atoms with Gasteiger partial charge < -0.3 is 20.3 Å². The van der Waals surface area contributed by atoms with Crippen LogP contribution < -0.4 is 5.32 Å². The quantitative estimate of drug-likeness (QED) is 0.0320. The highest BCUT2D eigenvalue weighted by Crippen LogP contribution is 2.18. The van der Waals surface area contributed by atoms with E-state index in [0.29, 0.717) is 19.4 Å². The lowest BCUT2D eigenvalue weighted by molar-refractivity contribution is -0.143. The number of carbonyl (C=O) groups is 2. The number of hydrogen-bond donors (Lipinski definition) is 3. The number of carbonyl (C=O) groups excluding carboxylic acids is 2. The largest absolute Gasteiger partial charge is 0.466 e. The van der Waals surface area contributed by atoms with Gasteiger partial charge in [0.15, 0.2) is 0 Å². The van der Waals surface area contributed by atoms with E-state index in [0.717, 1.165) is 51.4 Å². The minimum Gasteiger partial charge on any atom is -0.466 e. The van der Waals surface area contributed by atoms with Crippen LogP contribution in [0.3, 0.4) is 0 Å². The maximum atomic E-state index is 12.5. The van der Waals surface area contributed by atoms with Gasteiger partial charge in [-0.05, 0) is 64.2 Å². The third-order valence-corrected chi connectivity index (χ3v) is 15.9. The van der Waals surface area contributed by atoms with Gasteiger partial charge in [-0.15, -0.1) is 0 Å². The first kappa shape index (κ1) is 74.1. The monoisotopic (exact) mass is 1070 g/mol. The molecule has 1 amide bonds. The van der Waals surface area contributed by atoms with Crippen LogP contribution in [0, 0.1) is 0 Å². The van der Waals surface area contributed by atoms with Crippen molar-refractivity contribution in [1.29, 1.82) is 0 Å². The number of ether oxygens (including phenoxy) is 1. The number of hydrogen-bond acceptors (Lipinski definition) is 5. The third-order valence-electron chi connectivity index (χ3n) is 15.9. The topological polar surface area (TPSA) is 95.9 Å². The minimum absolute atomic E-state index is 0.000567. The zero-order valence-electron chi connectivity index (χ0n) is 51.3. The Labute approximate surface area is 474 Å². The lowest BCUT2D eigenvalue weighted by Gasteiger charge is -2.20. The fraction of sp³-hybridized carbons (Fsp3) is 0.886. The average Bonchev–Trinajstić information content (AvgIpc) is 3.42. The fourth-order valence-electron chi connectivity index (χ4n) is 10.7. The molecule has 0 aliphatic carbocycles. The zero-order chi connectivity index (χ0) is 55.0. The van der Waals surface area contributed by atoms with Crippen LogP contribution in [0.4, 0.5) is 0 Å². The molecule has 2 atom stereocenters. The highest BCUT2D eigenvalue weighted by atomic mass is 16.5. The molecule has 448 valence electrons. The molecular formula is C70H133NO5. The molecule has 6 heteroatoms. The van der Waals surface area contributed by atoms with Crippen molar-refractivity contribution in [1.82, 2.24) is 5.32 Å². The highest BCUT2D eigenvalue weighted by molar-refractivity contribution is 5.76. The SMILES string of the molecule is CCCCC/C=C\C/C=C\CCCCCCCCCC(=O)OCCCCCCCCCCCCCCCCCCCCC(=O)NC(CO)C(O)/C=C/CCCCCCCCCCCCCCCCCCCCCCCC. The van der Waals surface area contributed by atoms with E-state index in [9.17, 15) is 19.8 Å². The molecule has 76 heavy (non-hydrogen) atoms. The van der Waals surface area contributed by atoms with Crippen molar-refractivity contribution in [3.8, 4) is 0 Å². The molecule has 2 unspecified atom stereocenters. The van der Waals surface area contributed by atoms with Gasteiger partial charge in [0.1, 0.15) is 0 Å². The molecule has 0 bridgehead atoms. The molecule has 0 aliphatic rings. The molecule has 0 aromatic carbocycles. The molecule has 0 heterocycles. The summed E-state index contributed by atoms with van der Waals surface area (Å²) in [5, 5.41) is 23.3. The van der Waals surface area contributed by atoms with Crippen molar-refractivity contribution in [3.63, 3.8) is 0 Å². The number of aliphatic hydroxyl groups is 2. The Kier molecular flexibility index (Phi) is 63.9. The summed E-state index contributed by atoms with van der Waals surface area (Å²) >= 11 is 0. The fourth-order valence-corrected chi connectivity index (χ4v) is 10.7. The Morgan fingerprint density at radius 2 is 0.658 bits per heavy atom. The molecule has 6 nitrogen and oxygen atoms in total. The van der Waals surface area contributed by atoms with Crippen LogP contribution in [0.1, 0.15) is 373 Å². The second-order valence-corrected chi connectivity index (χ2v) is 23.5. The summed E-state index contributed by atoms with van der Waals surface area (Å²) in [5.41, 5.74) is 0. The van der Waals surface area contributed by atoms with E-state index < -0.39 is 12.1 Å². The Balaban J connectivity index is 3.43. The van der Waals surface area contributed by atoms with Crippen LogP contribution in [0.5, 0.6) is 0 Å². The normalized spacial score (nSPS) is 12.7. The van der Waals surface area contributed by atoms with Gasteiger partial charge in [0.2, 0.25) is 5.91 Å². The Hall–Kier alpha value is -1.92. The summed E-state index contributed by atoms with van der Waals surface area (Å²) in [6.07, 6.45) is 83.4. The molecule has 3 N–H and O–H groups in total. The molecular weight excluding hydrogens is 935 g/mol. The zero-order valence-corrected chi connectivity index (χ0v) is 51.3. The average molecular weight is 1070 g/mol. The minimum atomic E-state index is -0.849. The molecule has 0 spiro atoms. The van der Waals surface area contributed by atoms with Crippen LogP contribution in [0.25, 0.3) is 0 Å². The molecule has 0 radical (unpaired) electrons. The number of amides is 1. The van der Waals surface area contributed by atoms with Crippen LogP contribution in [-0.4, -0.2) is 47.4 Å². The molecule has 0 aliphatic heterocycles.